The molecule has 56 valence electrons. The first-order valence-corrected chi connectivity index (χ1v) is 3.20. The molecule has 0 spiro atoms. The minimum atomic E-state index is 0. The summed E-state index contributed by atoms with van der Waals surface area (Å²) < 4.78 is 40.0. The van der Waals surface area contributed by atoms with E-state index in [-0.39, 0.29) is 1.43 Å². The number of thiazole rings is 1. The Hall–Kier alpha value is -1.06. The molecular weight excluding hydrogens is 136 g/mol. The summed E-state index contributed by atoms with van der Waals surface area (Å²) in [6.07, 6.45) is 1.69. The van der Waals surface area contributed by atoms with Crippen LogP contribution in [0.3, 0.4) is 0 Å². The molecule has 0 radical (unpaired) electrons. The summed E-state index contributed by atoms with van der Waals surface area (Å²) in [6, 6.07) is 0. The van der Waals surface area contributed by atoms with Gasteiger partial charge in [0.15, 0.2) is 0 Å². The molecule has 0 bridgehead atoms. The van der Waals surface area contributed by atoms with Crippen LogP contribution in [0.2, 0.25) is 0 Å². The third kappa shape index (κ3) is 1.71. The average molecular weight is 159 g/mol. The van der Waals surface area contributed by atoms with Crippen molar-refractivity contribution in [1.82, 2.24) is 4.98 Å². The lowest BCUT2D eigenvalue weighted by Gasteiger charge is -1.78. The number of aromatic nitrogens is 1. The maximum Gasteiger partial charge on any atom is 0.0982 e. The van der Waals surface area contributed by atoms with Gasteiger partial charge in [-0.15, -0.1) is 11.3 Å². The van der Waals surface area contributed by atoms with Gasteiger partial charge in [0.25, 0.3) is 0 Å². The molecule has 1 heterocycles. The molecule has 0 aliphatic heterocycles. The first-order valence-electron chi connectivity index (χ1n) is 6.32. The second-order valence-corrected chi connectivity index (χ2v) is 2.29. The molecule has 0 N–H and O–H groups in total. The normalized spacial score (nSPS) is 12.0. The summed E-state index contributed by atoms with van der Waals surface area (Å²) in [6.45, 7) is 0.369. The smallest absolute Gasteiger partial charge is 0.0982 e. The lowest BCUT2D eigenvalue weighted by atomic mass is 10.7. The minimum Gasteiger partial charge on any atom is -0.250 e. The molecule has 0 saturated carbocycles. The Bertz CT molecular complexity index is 228. The first-order chi connectivity index (χ1) is 8.43. The molecule has 1 aromatic rings. The van der Waals surface area contributed by atoms with Crippen LogP contribution in [-0.4, -0.2) is 4.98 Å². The van der Waals surface area contributed by atoms with Crippen molar-refractivity contribution in [3.05, 3.63) is 27.0 Å². The fourth-order valence-corrected chi connectivity index (χ4v) is 0.956. The number of nitrogens with zero attached hydrogens (tertiary/aromatic N) is 4. The highest BCUT2D eigenvalue weighted by Gasteiger charge is 1.88. The summed E-state index contributed by atoms with van der Waals surface area (Å²) in [5.41, 5.74) is 7.90. The molecule has 0 fully saturated rings. The van der Waals surface area contributed by atoms with Crippen molar-refractivity contribution in [2.75, 3.05) is 0 Å². The Balaban J connectivity index is -0.0000000542. The van der Waals surface area contributed by atoms with Crippen LogP contribution in [0.1, 0.15) is 18.3 Å². The van der Waals surface area contributed by atoms with E-state index in [9.17, 15) is 0 Å². The van der Waals surface area contributed by atoms with Gasteiger partial charge in [-0.25, -0.2) is 4.98 Å². The van der Waals surface area contributed by atoms with Crippen LogP contribution in [0.15, 0.2) is 16.7 Å². The summed E-state index contributed by atoms with van der Waals surface area (Å²) in [5.74, 6) is 0. The Morgan fingerprint density at radius 2 is 3.00 bits per heavy atom. The number of hydrogen-bond acceptors (Lipinski definition) is 3. The third-order valence-electron chi connectivity index (χ3n) is 0.753. The zero-order chi connectivity index (χ0) is 14.5. The lowest BCUT2D eigenvalue weighted by molar-refractivity contribution is 1.02. The molecule has 0 aromatic carbocycles. The van der Waals surface area contributed by atoms with Gasteiger partial charge in [-0.2, -0.15) is 0 Å². The Morgan fingerprint density at radius 1 is 2.11 bits per heavy atom. The molecule has 0 saturated heterocycles. The van der Waals surface area contributed by atoms with Gasteiger partial charge in [0.05, 0.1) is 11.6 Å². The highest BCUT2D eigenvalue weighted by molar-refractivity contribution is 7.09. The van der Waals surface area contributed by atoms with E-state index in [0.717, 1.165) is 5.01 Å². The van der Waals surface area contributed by atoms with Gasteiger partial charge in [-0.3, -0.25) is 0 Å². The third-order valence-corrected chi connectivity index (χ3v) is 1.52. The summed E-state index contributed by atoms with van der Waals surface area (Å²) >= 11 is 1.49. The van der Waals surface area contributed by atoms with Crippen molar-refractivity contribution in [1.29, 1.82) is 0 Å². The second kappa shape index (κ2) is 3.06. The van der Waals surface area contributed by atoms with E-state index in [2.05, 4.69) is 15.0 Å². The first kappa shape index (κ1) is 2.68. The molecule has 5 heteroatoms. The number of azide groups is 1. The Kier molecular flexibility index (Phi) is 0.913. The van der Waals surface area contributed by atoms with Crippen LogP contribution in [-0.2, 0) is 6.54 Å². The Morgan fingerprint density at radius 3 is 3.56 bits per heavy atom. The van der Waals surface area contributed by atoms with E-state index in [1.165, 1.54) is 11.3 Å². The Labute approximate surface area is 69.6 Å². The van der Waals surface area contributed by atoms with E-state index < -0.39 is 0 Å². The molecule has 1 aromatic heterocycles. The van der Waals surface area contributed by atoms with Crippen molar-refractivity contribution < 1.29 is 13.3 Å². The summed E-state index contributed by atoms with van der Waals surface area (Å²) in [5, 5.41) is 6.05. The van der Waals surface area contributed by atoms with Crippen molar-refractivity contribution in [2.24, 2.45) is 5.11 Å². The predicted octanol–water partition coefficient (Wildman–Crippen LogP) is 3.18. The number of hydrogen-bond donors (Lipinski definition) is 0. The molecular formula is C4H14N4S. The second-order valence-electron chi connectivity index (χ2n) is 1.31. The largest absolute Gasteiger partial charge is 0.250 e. The quantitative estimate of drug-likeness (QED) is 0.371. The van der Waals surface area contributed by atoms with Gasteiger partial charge >= 0.3 is 0 Å². The van der Waals surface area contributed by atoms with Crippen molar-refractivity contribution in [3.8, 4) is 0 Å². The van der Waals surface area contributed by atoms with E-state index in [1.54, 1.807) is 6.20 Å². The SMILES string of the molecule is [2HH].[2H][2H].[2H][2H].[2H][2H].[2H][2H].[N-]=[N+]=NCc1nccs1. The van der Waals surface area contributed by atoms with Crippen LogP contribution < -0.4 is 0 Å². The fraction of sp³-hybridized carbons (Fsp3) is 0.250. The topological polar surface area (TPSA) is 61.7 Å². The zero-order valence-electron chi connectivity index (χ0n) is 12.6. The fourth-order valence-electron chi connectivity index (χ4n) is 0.423. The highest BCUT2D eigenvalue weighted by Crippen LogP contribution is 2.04. The van der Waals surface area contributed by atoms with Crippen LogP contribution >= 0.6 is 11.3 Å². The van der Waals surface area contributed by atoms with Gasteiger partial charge in [-0.1, -0.05) is 5.11 Å². The van der Waals surface area contributed by atoms with Gasteiger partial charge in [-0.05, 0) is 5.53 Å². The molecule has 0 atom stereocenters. The van der Waals surface area contributed by atoms with Crippen molar-refractivity contribution >= 4 is 11.3 Å². The summed E-state index contributed by atoms with van der Waals surface area (Å²) in [7, 11) is 0. The average Bonchev–Trinajstić information content (AvgIpc) is 2.98. The van der Waals surface area contributed by atoms with Gasteiger partial charge in [0.1, 0.15) is 0 Å². The maximum atomic E-state index is 7.90. The van der Waals surface area contributed by atoms with Crippen LogP contribution in [0.4, 0.5) is 0 Å². The van der Waals surface area contributed by atoms with E-state index in [0.29, 0.717) is 6.54 Å². The van der Waals surface area contributed by atoms with Gasteiger partial charge < -0.3 is 0 Å². The zero-order valence-corrected chi connectivity index (χ0v) is 5.38. The van der Waals surface area contributed by atoms with Gasteiger partial charge in [0, 0.05) is 29.8 Å². The monoisotopic (exact) mass is 159 g/mol. The van der Waals surface area contributed by atoms with Crippen LogP contribution in [0.25, 0.3) is 10.4 Å². The molecule has 0 unspecified atom stereocenters. The van der Waals surface area contributed by atoms with E-state index >= 15 is 0 Å². The molecule has 0 amide bonds. The standard InChI is InChI=1S/C4H4N4S.5H2/c5-8-7-3-4-6-1-2-9-4;;;;;/h1-2H,3H2;5*1H/i;4*1+1D;1+1. The molecule has 4 nitrogen and oxygen atoms in total. The van der Waals surface area contributed by atoms with Crippen molar-refractivity contribution in [3.63, 3.8) is 0 Å². The molecule has 1 rings (SSSR count). The molecule has 0 aliphatic rings. The van der Waals surface area contributed by atoms with E-state index in [1.807, 2.05) is 5.38 Å². The molecule has 9 heavy (non-hydrogen) atoms. The lowest BCUT2D eigenvalue weighted by Crippen LogP contribution is -1.73. The predicted molar refractivity (Wildman–Crippen MR) is 45.5 cm³/mol. The van der Waals surface area contributed by atoms with Crippen molar-refractivity contribution in [2.45, 2.75) is 6.54 Å². The molecule has 0 aliphatic carbocycles. The van der Waals surface area contributed by atoms with E-state index in [4.69, 9.17) is 17.4 Å². The maximum absolute atomic E-state index is 7.90. The number of rotatable bonds is 2. The highest BCUT2D eigenvalue weighted by atomic mass is 32.1. The van der Waals surface area contributed by atoms with Crippen LogP contribution in [0, 0.1) is 0 Å². The minimum absolute atomic E-state index is 0. The van der Waals surface area contributed by atoms with Gasteiger partial charge in [0.2, 0.25) is 0 Å². The summed E-state index contributed by atoms with van der Waals surface area (Å²) in [4.78, 5) is 6.51. The van der Waals surface area contributed by atoms with Crippen LogP contribution in [0.5, 0.6) is 0 Å².